The molecular formula is C70H120N4O16. The van der Waals surface area contributed by atoms with Gasteiger partial charge in [-0.3, -0.25) is 14.4 Å². The summed E-state index contributed by atoms with van der Waals surface area (Å²) >= 11 is 0. The van der Waals surface area contributed by atoms with Crippen molar-refractivity contribution in [1.29, 1.82) is 0 Å². The first kappa shape index (κ1) is 74.8. The molecule has 0 aromatic rings. The highest BCUT2D eigenvalue weighted by Gasteiger charge is 2.34. The highest BCUT2D eigenvalue weighted by atomic mass is 16.6. The minimum Gasteiger partial charge on any atom is -0.466 e. The number of hydrogen-bond acceptors (Lipinski definition) is 16. The molecule has 90 heavy (non-hydrogen) atoms. The number of amides is 4. The van der Waals surface area contributed by atoms with Gasteiger partial charge in [0, 0.05) is 51.0 Å². The molecular weight excluding hydrogens is 1150 g/mol. The first-order valence-corrected chi connectivity index (χ1v) is 35.5. The van der Waals surface area contributed by atoms with Crippen molar-refractivity contribution in [3.8, 4) is 0 Å². The maximum absolute atomic E-state index is 13.4. The topological polar surface area (TPSA) is 243 Å². The van der Waals surface area contributed by atoms with Crippen molar-refractivity contribution in [3.63, 3.8) is 0 Å². The van der Waals surface area contributed by atoms with E-state index in [0.29, 0.717) is 107 Å². The molecule has 20 nitrogen and oxygen atoms in total. The second kappa shape index (κ2) is 42.9. The first-order valence-electron chi connectivity index (χ1n) is 35.5. The smallest absolute Gasteiger partial charge is 0.407 e. The standard InChI is InChI=1S/C70H120N4O16/c1-7-28-82-47-65(48-88-69(79)73-63-26-14-22-56(40-63)36-55-20-12-24-61(38-55)71-52(5)75)90-67(77)43-60-19-11-17-54(35-60)33-53-16-10-18-59(34-53)42-66(76)85-29-8-9-30-86-68(78)72-62-25-13-21-57(39-62)37-58-23-15-27-64(41-58)74-70(80)89-51(4)45-83-31-32-84-50(3)46-87-49(2)44-81-6/h7,49-51,53-65H,1,8-48H2,2-6H3,(H,71,75)(H,72,78)(H,73,79)(H,74,80). The minimum absolute atomic E-state index is 0.00814. The first-order chi connectivity index (χ1) is 43.5. The van der Waals surface area contributed by atoms with Crippen LogP contribution in [0.2, 0.25) is 0 Å². The van der Waals surface area contributed by atoms with E-state index in [2.05, 4.69) is 27.8 Å². The summed E-state index contributed by atoms with van der Waals surface area (Å²) < 4.78 is 56.4. The van der Waals surface area contributed by atoms with Crippen molar-refractivity contribution in [2.75, 3.05) is 73.2 Å². The number of nitrogens with one attached hydrogen (secondary N) is 4. The molecule has 0 spiro atoms. The Hall–Kier alpha value is -4.24. The Morgan fingerprint density at radius 1 is 0.433 bits per heavy atom. The summed E-state index contributed by atoms with van der Waals surface area (Å²) in [7, 11) is 1.65. The highest BCUT2D eigenvalue weighted by molar-refractivity contribution is 5.73. The fourth-order valence-corrected chi connectivity index (χ4v) is 15.8. The average molecular weight is 1270 g/mol. The van der Waals surface area contributed by atoms with Crippen LogP contribution in [-0.4, -0.2) is 158 Å². The zero-order valence-corrected chi connectivity index (χ0v) is 56.0. The molecule has 16 atom stereocenters. The lowest BCUT2D eigenvalue weighted by Crippen LogP contribution is -2.41. The van der Waals surface area contributed by atoms with Crippen LogP contribution in [0.5, 0.6) is 0 Å². The van der Waals surface area contributed by atoms with Gasteiger partial charge in [-0.15, -0.1) is 6.58 Å². The van der Waals surface area contributed by atoms with Gasteiger partial charge in [0.1, 0.15) is 12.7 Å². The van der Waals surface area contributed by atoms with Gasteiger partial charge < -0.3 is 68.6 Å². The summed E-state index contributed by atoms with van der Waals surface area (Å²) in [5, 5.41) is 12.4. The second-order valence-electron chi connectivity index (χ2n) is 28.1. The number of carbonyl (C=O) groups is 6. The van der Waals surface area contributed by atoms with E-state index in [1.54, 1.807) is 20.1 Å². The van der Waals surface area contributed by atoms with Crippen LogP contribution in [-0.2, 0) is 61.8 Å². The van der Waals surface area contributed by atoms with Gasteiger partial charge in [0.25, 0.3) is 0 Å². The van der Waals surface area contributed by atoms with E-state index in [0.717, 1.165) is 167 Å². The number of rotatable bonds is 38. The van der Waals surface area contributed by atoms with E-state index in [-0.39, 0.29) is 98.8 Å². The van der Waals surface area contributed by atoms with Crippen LogP contribution in [0.15, 0.2) is 12.7 Å². The number of methoxy groups -OCH3 is 1. The van der Waals surface area contributed by atoms with Gasteiger partial charge in [0.2, 0.25) is 5.91 Å². The molecule has 6 aliphatic rings. The van der Waals surface area contributed by atoms with Crippen LogP contribution in [0.1, 0.15) is 227 Å². The normalized spacial score (nSPS) is 28.5. The average Bonchev–Trinajstić information content (AvgIpc) is 3.70. The Morgan fingerprint density at radius 2 is 0.889 bits per heavy atom. The quantitative estimate of drug-likeness (QED) is 0.0194. The molecule has 0 heterocycles. The highest BCUT2D eigenvalue weighted by Crippen LogP contribution is 2.42. The molecule has 20 heteroatoms. The molecule has 6 fully saturated rings. The maximum atomic E-state index is 13.4. The Labute approximate surface area is 539 Å². The number of ether oxygens (including phenoxy) is 10. The molecule has 16 unspecified atom stereocenters. The Morgan fingerprint density at radius 3 is 1.41 bits per heavy atom. The van der Waals surface area contributed by atoms with Gasteiger partial charge in [-0.25, -0.2) is 14.4 Å². The number of hydrogen-bond donors (Lipinski definition) is 4. The summed E-state index contributed by atoms with van der Waals surface area (Å²) in [4.78, 5) is 76.9. The van der Waals surface area contributed by atoms with Gasteiger partial charge in [-0.1, -0.05) is 83.1 Å². The van der Waals surface area contributed by atoms with Crippen LogP contribution in [0.4, 0.5) is 14.4 Å². The number of unbranched alkanes of at least 4 members (excludes halogenated alkanes) is 1. The van der Waals surface area contributed by atoms with Crippen LogP contribution in [0, 0.1) is 47.3 Å². The Kier molecular flexibility index (Phi) is 35.6. The molecule has 4 amide bonds. The van der Waals surface area contributed by atoms with E-state index < -0.39 is 18.3 Å². The third-order valence-corrected chi connectivity index (χ3v) is 19.8. The van der Waals surface area contributed by atoms with E-state index in [1.807, 2.05) is 20.8 Å². The van der Waals surface area contributed by atoms with Crippen molar-refractivity contribution in [1.82, 2.24) is 21.3 Å². The molecule has 0 aromatic heterocycles. The summed E-state index contributed by atoms with van der Waals surface area (Å²) in [5.74, 6) is 3.36. The summed E-state index contributed by atoms with van der Waals surface area (Å²) in [6.07, 6.45) is 29.6. The van der Waals surface area contributed by atoms with E-state index >= 15 is 0 Å². The lowest BCUT2D eigenvalue weighted by Gasteiger charge is -2.35. The minimum atomic E-state index is -0.720. The second-order valence-corrected chi connectivity index (χ2v) is 28.1. The van der Waals surface area contributed by atoms with Crippen LogP contribution in [0.3, 0.4) is 0 Å². The van der Waals surface area contributed by atoms with Crippen molar-refractivity contribution in [2.45, 2.75) is 275 Å². The SMILES string of the molecule is C=CCOCC(COC(=O)NC1CCCC(CC2CCCC(NC(C)=O)C2)C1)OC(=O)CC1CCCC(CC2CCCC(CC(=O)OCCCCOC(=O)NC3CCCC(CC4CCCC(NC(=O)OC(C)COCCOC(C)COC(C)COC)C4)C3)C2)C1. The lowest BCUT2D eigenvalue weighted by atomic mass is 9.71. The van der Waals surface area contributed by atoms with E-state index in [1.165, 1.54) is 6.42 Å². The van der Waals surface area contributed by atoms with Crippen molar-refractivity contribution in [2.24, 2.45) is 47.3 Å². The zero-order valence-electron chi connectivity index (χ0n) is 56.0. The number of esters is 2. The molecule has 6 saturated carbocycles. The molecule has 0 radical (unpaired) electrons. The Bertz CT molecular complexity index is 2090. The molecule has 516 valence electrons. The monoisotopic (exact) mass is 1270 g/mol. The van der Waals surface area contributed by atoms with Gasteiger partial charge in [0.05, 0.1) is 71.7 Å². The zero-order chi connectivity index (χ0) is 64.3. The lowest BCUT2D eigenvalue weighted by molar-refractivity contribution is -0.156. The van der Waals surface area contributed by atoms with E-state index in [9.17, 15) is 28.8 Å². The fraction of sp³-hybridized carbons (Fsp3) is 0.886. The van der Waals surface area contributed by atoms with Crippen molar-refractivity contribution >= 4 is 36.1 Å². The molecule has 6 aliphatic carbocycles. The van der Waals surface area contributed by atoms with Gasteiger partial charge >= 0.3 is 30.2 Å². The van der Waals surface area contributed by atoms with Crippen molar-refractivity contribution in [3.05, 3.63) is 12.7 Å². The van der Waals surface area contributed by atoms with Gasteiger partial charge in [-0.05, 0) is 177 Å². The third kappa shape index (κ3) is 31.6. The van der Waals surface area contributed by atoms with Gasteiger partial charge in [-0.2, -0.15) is 0 Å². The van der Waals surface area contributed by atoms with Crippen LogP contribution < -0.4 is 21.3 Å². The molecule has 0 aliphatic heterocycles. The molecule has 4 N–H and O–H groups in total. The molecule has 0 saturated heterocycles. The predicted molar refractivity (Wildman–Crippen MR) is 343 cm³/mol. The molecule has 0 aromatic carbocycles. The third-order valence-electron chi connectivity index (χ3n) is 19.8. The van der Waals surface area contributed by atoms with Gasteiger partial charge in [0.15, 0.2) is 6.10 Å². The van der Waals surface area contributed by atoms with E-state index in [4.69, 9.17) is 47.4 Å². The largest absolute Gasteiger partial charge is 0.466 e. The van der Waals surface area contributed by atoms with Crippen LogP contribution in [0.25, 0.3) is 0 Å². The Balaban J connectivity index is 0.772. The summed E-state index contributed by atoms with van der Waals surface area (Å²) in [5.41, 5.74) is 0. The summed E-state index contributed by atoms with van der Waals surface area (Å²) in [6.45, 7) is 14.1. The number of carbonyl (C=O) groups excluding carboxylic acids is 6. The molecule has 6 rings (SSSR count). The van der Waals surface area contributed by atoms with Crippen LogP contribution >= 0.6 is 0 Å². The maximum Gasteiger partial charge on any atom is 0.407 e. The predicted octanol–water partition coefficient (Wildman–Crippen LogP) is 12.4. The molecule has 0 bridgehead atoms. The van der Waals surface area contributed by atoms with Crippen molar-refractivity contribution < 1.29 is 76.1 Å². The summed E-state index contributed by atoms with van der Waals surface area (Å²) in [6, 6.07) is 0.468. The fourth-order valence-electron chi connectivity index (χ4n) is 15.8. The number of alkyl carbamates (subject to hydrolysis) is 3.